The van der Waals surface area contributed by atoms with E-state index >= 15 is 0 Å². The standard InChI is InChI=1S/C17H21N5O/c18-16-20-15(11-14(23)12-7-3-1-4-8-12)21-17(22-16)19-13-9-5-2-6-10-13/h1,3-4,7-8,13H,2,5-6,9-11H2,(H3,18,19,20,21,22). The third-order valence-corrected chi connectivity index (χ3v) is 4.05. The van der Waals surface area contributed by atoms with E-state index in [2.05, 4.69) is 20.3 Å². The molecular formula is C17H21N5O. The molecule has 0 unspecified atom stereocenters. The Bertz CT molecular complexity index is 668. The van der Waals surface area contributed by atoms with Crippen LogP contribution in [0.4, 0.5) is 11.9 Å². The van der Waals surface area contributed by atoms with Crippen LogP contribution in [0.3, 0.4) is 0 Å². The molecule has 1 aromatic heterocycles. The lowest BCUT2D eigenvalue weighted by Gasteiger charge is -2.22. The zero-order chi connectivity index (χ0) is 16.1. The maximum atomic E-state index is 12.3. The monoisotopic (exact) mass is 311 g/mol. The highest BCUT2D eigenvalue weighted by atomic mass is 16.1. The van der Waals surface area contributed by atoms with E-state index < -0.39 is 0 Å². The third-order valence-electron chi connectivity index (χ3n) is 4.05. The van der Waals surface area contributed by atoms with E-state index in [1.165, 1.54) is 19.3 Å². The van der Waals surface area contributed by atoms with E-state index in [1.807, 2.05) is 18.2 Å². The van der Waals surface area contributed by atoms with E-state index in [9.17, 15) is 4.79 Å². The van der Waals surface area contributed by atoms with Crippen molar-refractivity contribution in [3.63, 3.8) is 0 Å². The molecular weight excluding hydrogens is 290 g/mol. The Kier molecular flexibility index (Phi) is 4.80. The molecule has 1 aliphatic carbocycles. The Labute approximate surface area is 135 Å². The first kappa shape index (κ1) is 15.4. The second-order valence-corrected chi connectivity index (χ2v) is 5.88. The molecule has 6 heteroatoms. The molecule has 1 aromatic carbocycles. The molecule has 0 bridgehead atoms. The maximum Gasteiger partial charge on any atom is 0.227 e. The summed E-state index contributed by atoms with van der Waals surface area (Å²) in [5.74, 6) is 0.999. The number of nitrogens with zero attached hydrogens (tertiary/aromatic N) is 3. The van der Waals surface area contributed by atoms with Crippen molar-refractivity contribution < 1.29 is 4.79 Å². The summed E-state index contributed by atoms with van der Waals surface area (Å²) in [6, 6.07) is 9.51. The van der Waals surface area contributed by atoms with Gasteiger partial charge in [-0.25, -0.2) is 0 Å². The normalized spacial score (nSPS) is 15.3. The van der Waals surface area contributed by atoms with Crippen molar-refractivity contribution in [1.82, 2.24) is 15.0 Å². The number of ketones is 1. The second-order valence-electron chi connectivity index (χ2n) is 5.88. The molecule has 23 heavy (non-hydrogen) atoms. The summed E-state index contributed by atoms with van der Waals surface area (Å²) < 4.78 is 0. The zero-order valence-electron chi connectivity index (χ0n) is 13.0. The molecule has 3 rings (SSSR count). The summed E-state index contributed by atoms with van der Waals surface area (Å²) in [5.41, 5.74) is 6.41. The van der Waals surface area contributed by atoms with Crippen LogP contribution >= 0.6 is 0 Å². The lowest BCUT2D eigenvalue weighted by molar-refractivity contribution is 0.0991. The fraction of sp³-hybridized carbons (Fsp3) is 0.412. The van der Waals surface area contributed by atoms with Crippen molar-refractivity contribution in [2.24, 2.45) is 0 Å². The molecule has 1 aliphatic rings. The molecule has 1 fully saturated rings. The number of aromatic nitrogens is 3. The minimum absolute atomic E-state index is 0.0279. The van der Waals surface area contributed by atoms with Crippen LogP contribution in [0, 0.1) is 0 Å². The number of hydrogen-bond acceptors (Lipinski definition) is 6. The van der Waals surface area contributed by atoms with Gasteiger partial charge in [0.1, 0.15) is 5.82 Å². The highest BCUT2D eigenvalue weighted by Crippen LogP contribution is 2.20. The van der Waals surface area contributed by atoms with Crippen molar-refractivity contribution >= 4 is 17.7 Å². The van der Waals surface area contributed by atoms with Crippen LogP contribution in [0.2, 0.25) is 0 Å². The van der Waals surface area contributed by atoms with Crippen molar-refractivity contribution in [3.05, 3.63) is 41.7 Å². The number of carbonyl (C=O) groups excluding carboxylic acids is 1. The molecule has 2 aromatic rings. The summed E-state index contributed by atoms with van der Waals surface area (Å²) >= 11 is 0. The van der Waals surface area contributed by atoms with Gasteiger partial charge >= 0.3 is 0 Å². The Morgan fingerprint density at radius 3 is 2.57 bits per heavy atom. The molecule has 0 spiro atoms. The van der Waals surface area contributed by atoms with E-state index in [-0.39, 0.29) is 18.2 Å². The van der Waals surface area contributed by atoms with Crippen LogP contribution in [0.15, 0.2) is 30.3 Å². The van der Waals surface area contributed by atoms with E-state index in [0.29, 0.717) is 23.4 Å². The first-order valence-electron chi connectivity index (χ1n) is 8.06. The molecule has 6 nitrogen and oxygen atoms in total. The molecule has 0 amide bonds. The van der Waals surface area contributed by atoms with Crippen molar-refractivity contribution in [1.29, 1.82) is 0 Å². The van der Waals surface area contributed by atoms with Crippen LogP contribution < -0.4 is 11.1 Å². The predicted octanol–water partition coefficient (Wildman–Crippen LogP) is 2.62. The van der Waals surface area contributed by atoms with E-state index in [4.69, 9.17) is 5.73 Å². The minimum Gasteiger partial charge on any atom is -0.368 e. The van der Waals surface area contributed by atoms with Gasteiger partial charge in [0.25, 0.3) is 0 Å². The molecule has 0 saturated heterocycles. The van der Waals surface area contributed by atoms with Crippen molar-refractivity contribution in [2.75, 3.05) is 11.1 Å². The number of anilines is 2. The Morgan fingerprint density at radius 1 is 1.09 bits per heavy atom. The van der Waals surface area contributed by atoms with Crippen molar-refractivity contribution in [2.45, 2.75) is 44.6 Å². The highest BCUT2D eigenvalue weighted by molar-refractivity contribution is 5.97. The summed E-state index contributed by atoms with van der Waals surface area (Å²) in [6.07, 6.45) is 6.08. The number of rotatable bonds is 5. The molecule has 1 saturated carbocycles. The molecule has 120 valence electrons. The van der Waals surface area contributed by atoms with Crippen LogP contribution in [-0.4, -0.2) is 26.8 Å². The lowest BCUT2D eigenvalue weighted by atomic mass is 9.96. The molecule has 0 atom stereocenters. The number of Topliss-reactive ketones (excluding diaryl/α,β-unsaturated/α-hetero) is 1. The second kappa shape index (κ2) is 7.17. The van der Waals surface area contributed by atoms with Gasteiger partial charge in [0.2, 0.25) is 11.9 Å². The average molecular weight is 311 g/mol. The smallest absolute Gasteiger partial charge is 0.227 e. The van der Waals surface area contributed by atoms with Gasteiger partial charge in [0, 0.05) is 11.6 Å². The van der Waals surface area contributed by atoms with Crippen LogP contribution in [0.25, 0.3) is 0 Å². The third kappa shape index (κ3) is 4.25. The van der Waals surface area contributed by atoms with E-state index in [0.717, 1.165) is 12.8 Å². The van der Waals surface area contributed by atoms with Gasteiger partial charge in [-0.15, -0.1) is 0 Å². The molecule has 3 N–H and O–H groups in total. The topological polar surface area (TPSA) is 93.8 Å². The van der Waals surface area contributed by atoms with Gasteiger partial charge in [-0.2, -0.15) is 15.0 Å². The number of benzene rings is 1. The van der Waals surface area contributed by atoms with E-state index in [1.54, 1.807) is 12.1 Å². The number of nitrogen functional groups attached to an aromatic ring is 1. The number of nitrogens with one attached hydrogen (secondary N) is 1. The van der Waals surface area contributed by atoms with Crippen LogP contribution in [0.1, 0.15) is 48.3 Å². The molecule has 1 heterocycles. The van der Waals surface area contributed by atoms with Gasteiger partial charge in [-0.3, -0.25) is 4.79 Å². The molecule has 0 aliphatic heterocycles. The van der Waals surface area contributed by atoms with Gasteiger partial charge in [0.05, 0.1) is 6.42 Å². The fourth-order valence-electron chi connectivity index (χ4n) is 2.88. The average Bonchev–Trinajstić information content (AvgIpc) is 2.56. The van der Waals surface area contributed by atoms with Crippen molar-refractivity contribution in [3.8, 4) is 0 Å². The first-order chi connectivity index (χ1) is 11.2. The van der Waals surface area contributed by atoms with Gasteiger partial charge in [-0.05, 0) is 12.8 Å². The molecule has 0 radical (unpaired) electrons. The fourth-order valence-corrected chi connectivity index (χ4v) is 2.88. The van der Waals surface area contributed by atoms with Gasteiger partial charge in [0.15, 0.2) is 5.78 Å². The largest absolute Gasteiger partial charge is 0.368 e. The van der Waals surface area contributed by atoms with Crippen LogP contribution in [0.5, 0.6) is 0 Å². The SMILES string of the molecule is Nc1nc(CC(=O)c2ccccc2)nc(NC2CCCCC2)n1. The number of nitrogens with two attached hydrogens (primary N) is 1. The number of carbonyl (C=O) groups is 1. The zero-order valence-corrected chi connectivity index (χ0v) is 13.0. The summed E-state index contributed by atoms with van der Waals surface area (Å²) in [6.45, 7) is 0. The summed E-state index contributed by atoms with van der Waals surface area (Å²) in [4.78, 5) is 24.9. The quantitative estimate of drug-likeness (QED) is 0.824. The Hall–Kier alpha value is -2.50. The summed E-state index contributed by atoms with van der Waals surface area (Å²) in [7, 11) is 0. The minimum atomic E-state index is -0.0279. The maximum absolute atomic E-state index is 12.3. The Balaban J connectivity index is 1.71. The van der Waals surface area contributed by atoms with Crippen LogP contribution in [-0.2, 0) is 6.42 Å². The predicted molar refractivity (Wildman–Crippen MR) is 89.2 cm³/mol. The highest BCUT2D eigenvalue weighted by Gasteiger charge is 2.16. The van der Waals surface area contributed by atoms with Gasteiger partial charge < -0.3 is 11.1 Å². The van der Waals surface area contributed by atoms with Gasteiger partial charge in [-0.1, -0.05) is 49.6 Å². The summed E-state index contributed by atoms with van der Waals surface area (Å²) in [5, 5.41) is 3.32. The first-order valence-corrected chi connectivity index (χ1v) is 8.06. The number of hydrogen-bond donors (Lipinski definition) is 2. The Morgan fingerprint density at radius 2 is 1.83 bits per heavy atom. The lowest BCUT2D eigenvalue weighted by Crippen LogP contribution is -2.24.